The van der Waals surface area contributed by atoms with Gasteiger partial charge in [-0.1, -0.05) is 67.1 Å². The molecule has 0 spiro atoms. The van der Waals surface area contributed by atoms with Gasteiger partial charge in [0, 0.05) is 13.1 Å². The van der Waals surface area contributed by atoms with Crippen molar-refractivity contribution in [3.63, 3.8) is 0 Å². The Hall–Kier alpha value is -2.62. The van der Waals surface area contributed by atoms with Gasteiger partial charge in [-0.3, -0.25) is 9.59 Å². The van der Waals surface area contributed by atoms with Crippen LogP contribution in [0.2, 0.25) is 0 Å². The van der Waals surface area contributed by atoms with E-state index in [0.717, 1.165) is 24.0 Å². The van der Waals surface area contributed by atoms with E-state index in [1.165, 1.54) is 5.56 Å². The van der Waals surface area contributed by atoms with Crippen LogP contribution in [-0.4, -0.2) is 35.8 Å². The van der Waals surface area contributed by atoms with Crippen LogP contribution in [0.1, 0.15) is 37.0 Å². The van der Waals surface area contributed by atoms with Crippen LogP contribution in [0.25, 0.3) is 0 Å². The molecule has 0 aliphatic heterocycles. The largest absolute Gasteiger partial charge is 0.354 e. The van der Waals surface area contributed by atoms with E-state index >= 15 is 0 Å². The molecule has 1 atom stereocenters. The number of hydrogen-bond donors (Lipinski definition) is 1. The maximum Gasteiger partial charge on any atom is 0.242 e. The lowest BCUT2D eigenvalue weighted by Gasteiger charge is -2.29. The number of nitrogens with one attached hydrogen (secondary N) is 1. The maximum atomic E-state index is 13.0. The molecule has 4 nitrogen and oxygen atoms in total. The minimum Gasteiger partial charge on any atom is -0.354 e. The Kier molecular flexibility index (Phi) is 8.05. The van der Waals surface area contributed by atoms with Crippen LogP contribution >= 0.6 is 0 Å². The highest BCUT2D eigenvalue weighted by Crippen LogP contribution is 2.11. The third-order valence-electron chi connectivity index (χ3n) is 4.68. The Bertz CT molecular complexity index is 726. The van der Waals surface area contributed by atoms with Gasteiger partial charge in [0.25, 0.3) is 0 Å². The lowest BCUT2D eigenvalue weighted by atomic mass is 10.1. The van der Waals surface area contributed by atoms with Crippen molar-refractivity contribution in [2.75, 3.05) is 13.1 Å². The molecule has 2 amide bonds. The number of rotatable bonds is 9. The van der Waals surface area contributed by atoms with E-state index in [2.05, 4.69) is 5.32 Å². The van der Waals surface area contributed by atoms with Crippen molar-refractivity contribution in [2.45, 2.75) is 46.1 Å². The van der Waals surface area contributed by atoms with Gasteiger partial charge >= 0.3 is 0 Å². The van der Waals surface area contributed by atoms with Crippen molar-refractivity contribution in [3.8, 4) is 0 Å². The van der Waals surface area contributed by atoms with Crippen molar-refractivity contribution in [2.24, 2.45) is 0 Å². The standard InChI is InChI=1S/C23H30N2O2/c1-4-15-24-23(27)19(3)25(16-14-20-8-6-5-7-9-20)22(26)17-21-12-10-18(2)11-13-21/h5-13,19H,4,14-17H2,1-3H3,(H,24,27). The fraction of sp³-hybridized carbons (Fsp3) is 0.391. The van der Waals surface area contributed by atoms with E-state index in [-0.39, 0.29) is 11.8 Å². The van der Waals surface area contributed by atoms with Crippen LogP contribution in [0.5, 0.6) is 0 Å². The summed E-state index contributed by atoms with van der Waals surface area (Å²) in [5.41, 5.74) is 3.29. The second kappa shape index (κ2) is 10.5. The highest BCUT2D eigenvalue weighted by atomic mass is 16.2. The fourth-order valence-corrected chi connectivity index (χ4v) is 2.95. The normalized spacial score (nSPS) is 11.7. The van der Waals surface area contributed by atoms with E-state index in [1.807, 2.05) is 75.4 Å². The topological polar surface area (TPSA) is 49.4 Å². The molecule has 0 saturated carbocycles. The number of nitrogens with zero attached hydrogens (tertiary/aromatic N) is 1. The third-order valence-corrected chi connectivity index (χ3v) is 4.68. The highest BCUT2D eigenvalue weighted by molar-refractivity contribution is 5.88. The molecule has 0 heterocycles. The number of carbonyl (C=O) groups is 2. The van der Waals surface area contributed by atoms with Crippen molar-refractivity contribution < 1.29 is 9.59 Å². The summed E-state index contributed by atoms with van der Waals surface area (Å²) in [6.07, 6.45) is 1.91. The summed E-state index contributed by atoms with van der Waals surface area (Å²) in [6, 6.07) is 17.5. The lowest BCUT2D eigenvalue weighted by Crippen LogP contribution is -2.49. The minimum atomic E-state index is -0.488. The Labute approximate surface area is 162 Å². The first-order valence-corrected chi connectivity index (χ1v) is 9.68. The number of carbonyl (C=O) groups excluding carboxylic acids is 2. The van der Waals surface area contributed by atoms with E-state index in [4.69, 9.17) is 0 Å². The number of amides is 2. The molecule has 0 fully saturated rings. The minimum absolute atomic E-state index is 0.0195. The molecule has 2 aromatic carbocycles. The van der Waals surface area contributed by atoms with E-state index in [1.54, 1.807) is 4.90 Å². The monoisotopic (exact) mass is 366 g/mol. The van der Waals surface area contributed by atoms with Crippen molar-refractivity contribution in [1.82, 2.24) is 10.2 Å². The average molecular weight is 367 g/mol. The summed E-state index contributed by atoms with van der Waals surface area (Å²) in [7, 11) is 0. The van der Waals surface area contributed by atoms with E-state index < -0.39 is 6.04 Å². The van der Waals surface area contributed by atoms with Gasteiger partial charge in [0.05, 0.1) is 6.42 Å². The quantitative estimate of drug-likeness (QED) is 0.738. The molecule has 0 saturated heterocycles. The van der Waals surface area contributed by atoms with Gasteiger partial charge < -0.3 is 10.2 Å². The molecule has 27 heavy (non-hydrogen) atoms. The summed E-state index contributed by atoms with van der Waals surface area (Å²) in [5, 5.41) is 2.90. The number of benzene rings is 2. The van der Waals surface area contributed by atoms with Crippen molar-refractivity contribution >= 4 is 11.8 Å². The van der Waals surface area contributed by atoms with Gasteiger partial charge in [0.2, 0.25) is 11.8 Å². The lowest BCUT2D eigenvalue weighted by molar-refractivity contribution is -0.139. The third kappa shape index (κ3) is 6.55. The van der Waals surface area contributed by atoms with Crippen LogP contribution in [0.3, 0.4) is 0 Å². The van der Waals surface area contributed by atoms with Crippen LogP contribution in [0.15, 0.2) is 54.6 Å². The predicted octanol–water partition coefficient (Wildman–Crippen LogP) is 3.52. The van der Waals surface area contributed by atoms with Gasteiger partial charge in [-0.25, -0.2) is 0 Å². The Morgan fingerprint density at radius 3 is 2.30 bits per heavy atom. The molecule has 1 N–H and O–H groups in total. The highest BCUT2D eigenvalue weighted by Gasteiger charge is 2.25. The Morgan fingerprint density at radius 1 is 1.00 bits per heavy atom. The van der Waals surface area contributed by atoms with Crippen LogP contribution in [-0.2, 0) is 22.4 Å². The molecule has 2 rings (SSSR count). The van der Waals surface area contributed by atoms with Crippen LogP contribution in [0, 0.1) is 6.92 Å². The van der Waals surface area contributed by atoms with Crippen LogP contribution < -0.4 is 5.32 Å². The zero-order chi connectivity index (χ0) is 19.6. The first-order valence-electron chi connectivity index (χ1n) is 9.68. The van der Waals surface area contributed by atoms with E-state index in [9.17, 15) is 9.59 Å². The predicted molar refractivity (Wildman–Crippen MR) is 110 cm³/mol. The molecule has 2 aromatic rings. The van der Waals surface area contributed by atoms with Gasteiger partial charge in [-0.05, 0) is 37.8 Å². The van der Waals surface area contributed by atoms with Crippen LogP contribution in [0.4, 0.5) is 0 Å². The zero-order valence-electron chi connectivity index (χ0n) is 16.6. The average Bonchev–Trinajstić information content (AvgIpc) is 2.68. The molecule has 0 aliphatic rings. The first-order chi connectivity index (χ1) is 13.0. The molecule has 0 radical (unpaired) electrons. The summed E-state index contributed by atoms with van der Waals surface area (Å²) < 4.78 is 0. The molecule has 0 aliphatic carbocycles. The van der Waals surface area contributed by atoms with Gasteiger partial charge in [-0.2, -0.15) is 0 Å². The second-order valence-electron chi connectivity index (χ2n) is 6.95. The molecule has 0 aromatic heterocycles. The molecule has 1 unspecified atom stereocenters. The van der Waals surface area contributed by atoms with Gasteiger partial charge in [0.1, 0.15) is 6.04 Å². The summed E-state index contributed by atoms with van der Waals surface area (Å²) in [6.45, 7) is 7.00. The maximum absolute atomic E-state index is 13.0. The summed E-state index contributed by atoms with van der Waals surface area (Å²) in [4.78, 5) is 27.1. The number of hydrogen-bond acceptors (Lipinski definition) is 2. The SMILES string of the molecule is CCCNC(=O)C(C)N(CCc1ccccc1)C(=O)Cc1ccc(C)cc1. The Morgan fingerprint density at radius 2 is 1.67 bits per heavy atom. The molecule has 0 bridgehead atoms. The van der Waals surface area contributed by atoms with Gasteiger partial charge in [-0.15, -0.1) is 0 Å². The first kappa shape index (κ1) is 20.7. The van der Waals surface area contributed by atoms with E-state index in [0.29, 0.717) is 19.5 Å². The summed E-state index contributed by atoms with van der Waals surface area (Å²) in [5.74, 6) is -0.115. The number of aryl methyl sites for hydroxylation is 1. The smallest absolute Gasteiger partial charge is 0.242 e. The fourth-order valence-electron chi connectivity index (χ4n) is 2.95. The summed E-state index contributed by atoms with van der Waals surface area (Å²) >= 11 is 0. The molecular weight excluding hydrogens is 336 g/mol. The second-order valence-corrected chi connectivity index (χ2v) is 6.95. The molecule has 144 valence electrons. The zero-order valence-corrected chi connectivity index (χ0v) is 16.6. The van der Waals surface area contributed by atoms with Gasteiger partial charge in [0.15, 0.2) is 0 Å². The molecular formula is C23H30N2O2. The van der Waals surface area contributed by atoms with Crippen molar-refractivity contribution in [1.29, 1.82) is 0 Å². The molecule has 4 heteroatoms. The Balaban J connectivity index is 2.10. The van der Waals surface area contributed by atoms with Crippen molar-refractivity contribution in [3.05, 3.63) is 71.3 Å².